The minimum Gasteiger partial charge on any atom is -0.266 e. The van der Waals surface area contributed by atoms with Crippen molar-refractivity contribution in [3.05, 3.63) is 0 Å². The summed E-state index contributed by atoms with van der Waals surface area (Å²) in [5.41, 5.74) is 0.391. The van der Waals surface area contributed by atoms with Crippen LogP contribution in [0.1, 0.15) is 26.2 Å². The van der Waals surface area contributed by atoms with Gasteiger partial charge in [0.15, 0.2) is 0 Å². The lowest BCUT2D eigenvalue weighted by Gasteiger charge is -2.48. The van der Waals surface area contributed by atoms with E-state index in [0.29, 0.717) is 11.3 Å². The van der Waals surface area contributed by atoms with Crippen molar-refractivity contribution in [1.29, 1.82) is 0 Å². The molecule has 4 aliphatic rings. The lowest BCUT2D eigenvalue weighted by molar-refractivity contribution is -0.0698. The topological polar surface area (TPSA) is 43.4 Å². The Labute approximate surface area is 77.6 Å². The van der Waals surface area contributed by atoms with Gasteiger partial charge < -0.3 is 0 Å². The predicted molar refractivity (Wildman–Crippen MR) is 45.5 cm³/mol. The van der Waals surface area contributed by atoms with E-state index in [1.165, 1.54) is 6.42 Å². The first-order valence-electron chi connectivity index (χ1n) is 4.93. The zero-order chi connectivity index (χ0) is 9.06. The second-order valence-corrected chi connectivity index (χ2v) is 7.09. The molecule has 0 aromatic rings. The van der Waals surface area contributed by atoms with E-state index >= 15 is 0 Å². The molecule has 0 aromatic heterocycles. The molecule has 3 aliphatic carbocycles. The molecule has 1 spiro atoms. The lowest BCUT2D eigenvalue weighted by Crippen LogP contribution is -2.52. The summed E-state index contributed by atoms with van der Waals surface area (Å²) in [7, 11) is -3.20. The molecule has 3 nitrogen and oxygen atoms in total. The molecule has 5 atom stereocenters. The standard InChI is InChI=1S/C9H12O3S/c1-8-6-4-9(8)3-5(9)2-7(8)13(10,11)12-6/h5-7H,2-4H2,1H3. The van der Waals surface area contributed by atoms with Gasteiger partial charge in [-0.1, -0.05) is 6.92 Å². The maximum absolute atomic E-state index is 11.6. The van der Waals surface area contributed by atoms with E-state index in [4.69, 9.17) is 4.18 Å². The van der Waals surface area contributed by atoms with Gasteiger partial charge in [-0.05, 0) is 30.6 Å². The summed E-state index contributed by atoms with van der Waals surface area (Å²) in [4.78, 5) is 0. The predicted octanol–water partition coefficient (Wildman–Crippen LogP) is 0.904. The number of hydrogen-bond donors (Lipinski definition) is 0. The summed E-state index contributed by atoms with van der Waals surface area (Å²) >= 11 is 0. The normalized spacial score (nSPS) is 69.8. The van der Waals surface area contributed by atoms with Crippen LogP contribution in [-0.2, 0) is 14.3 Å². The Kier molecular flexibility index (Phi) is 0.826. The van der Waals surface area contributed by atoms with Gasteiger partial charge in [-0.25, -0.2) is 0 Å². The molecule has 72 valence electrons. The van der Waals surface area contributed by atoms with Gasteiger partial charge in [0.25, 0.3) is 10.1 Å². The van der Waals surface area contributed by atoms with E-state index in [9.17, 15) is 8.42 Å². The van der Waals surface area contributed by atoms with E-state index in [1.807, 2.05) is 0 Å². The molecule has 0 N–H and O–H groups in total. The number of hydrogen-bond acceptors (Lipinski definition) is 3. The van der Waals surface area contributed by atoms with E-state index in [2.05, 4.69) is 6.92 Å². The van der Waals surface area contributed by atoms with Crippen molar-refractivity contribution < 1.29 is 12.6 Å². The Balaban J connectivity index is 1.98. The molecule has 13 heavy (non-hydrogen) atoms. The van der Waals surface area contributed by atoms with Crippen LogP contribution in [0.25, 0.3) is 0 Å². The van der Waals surface area contributed by atoms with Crippen LogP contribution in [0.4, 0.5) is 0 Å². The third-order valence-electron chi connectivity index (χ3n) is 5.29. The Morgan fingerprint density at radius 3 is 2.85 bits per heavy atom. The fourth-order valence-corrected chi connectivity index (χ4v) is 6.54. The van der Waals surface area contributed by atoms with Crippen LogP contribution in [0, 0.1) is 16.7 Å². The van der Waals surface area contributed by atoms with Crippen LogP contribution in [-0.4, -0.2) is 19.8 Å². The van der Waals surface area contributed by atoms with Crippen LogP contribution < -0.4 is 0 Å². The van der Waals surface area contributed by atoms with Crippen molar-refractivity contribution in [2.24, 2.45) is 16.7 Å². The summed E-state index contributed by atoms with van der Waals surface area (Å²) in [6.07, 6.45) is 3.16. The van der Waals surface area contributed by atoms with Gasteiger partial charge in [0.05, 0.1) is 11.4 Å². The summed E-state index contributed by atoms with van der Waals surface area (Å²) in [6, 6.07) is 0. The average Bonchev–Trinajstić information content (AvgIpc) is 2.64. The van der Waals surface area contributed by atoms with Crippen LogP contribution in [0.2, 0.25) is 0 Å². The third-order valence-corrected chi connectivity index (χ3v) is 7.17. The Morgan fingerprint density at radius 2 is 2.15 bits per heavy atom. The summed E-state index contributed by atoms with van der Waals surface area (Å²) in [5, 5.41) is -0.169. The lowest BCUT2D eigenvalue weighted by atomic mass is 9.56. The molecule has 1 aliphatic heterocycles. The minimum absolute atomic E-state index is 0.00347. The maximum atomic E-state index is 11.6. The van der Waals surface area contributed by atoms with E-state index in [-0.39, 0.29) is 16.8 Å². The van der Waals surface area contributed by atoms with Gasteiger partial charge in [-0.3, -0.25) is 4.18 Å². The zero-order valence-corrected chi connectivity index (χ0v) is 8.30. The molecule has 0 aromatic carbocycles. The summed E-state index contributed by atoms with van der Waals surface area (Å²) in [6.45, 7) is 2.13. The van der Waals surface area contributed by atoms with E-state index in [1.54, 1.807) is 0 Å². The van der Waals surface area contributed by atoms with Crippen LogP contribution >= 0.6 is 0 Å². The first kappa shape index (κ1) is 7.23. The highest BCUT2D eigenvalue weighted by Crippen LogP contribution is 2.85. The molecule has 0 radical (unpaired) electrons. The monoisotopic (exact) mass is 200 g/mol. The quantitative estimate of drug-likeness (QED) is 0.546. The first-order chi connectivity index (χ1) is 6.01. The third kappa shape index (κ3) is 0.470. The van der Waals surface area contributed by atoms with Crippen molar-refractivity contribution in [2.45, 2.75) is 37.5 Å². The average molecular weight is 200 g/mol. The molecule has 3 saturated carbocycles. The molecule has 4 rings (SSSR count). The van der Waals surface area contributed by atoms with Crippen molar-refractivity contribution in [3.63, 3.8) is 0 Å². The molecule has 0 bridgehead atoms. The fraction of sp³-hybridized carbons (Fsp3) is 1.00. The van der Waals surface area contributed by atoms with Gasteiger partial charge in [-0.15, -0.1) is 0 Å². The molecule has 0 amide bonds. The van der Waals surface area contributed by atoms with Gasteiger partial charge in [-0.2, -0.15) is 8.42 Å². The van der Waals surface area contributed by atoms with Gasteiger partial charge >= 0.3 is 0 Å². The van der Waals surface area contributed by atoms with Crippen molar-refractivity contribution in [3.8, 4) is 0 Å². The van der Waals surface area contributed by atoms with Crippen LogP contribution in [0.3, 0.4) is 0 Å². The highest BCUT2D eigenvalue weighted by Gasteiger charge is 2.86. The molecular weight excluding hydrogens is 188 g/mol. The highest BCUT2D eigenvalue weighted by molar-refractivity contribution is 7.87. The molecule has 4 fully saturated rings. The fourth-order valence-electron chi connectivity index (χ4n) is 4.36. The zero-order valence-electron chi connectivity index (χ0n) is 7.49. The molecule has 5 unspecified atom stereocenters. The summed E-state index contributed by atoms with van der Waals surface area (Å²) in [5.74, 6) is 0.706. The molecule has 1 saturated heterocycles. The van der Waals surface area contributed by atoms with Crippen molar-refractivity contribution in [1.82, 2.24) is 0 Å². The summed E-state index contributed by atoms with van der Waals surface area (Å²) < 4.78 is 28.4. The van der Waals surface area contributed by atoms with Crippen LogP contribution in [0.5, 0.6) is 0 Å². The molecule has 1 heterocycles. The Morgan fingerprint density at radius 1 is 1.38 bits per heavy atom. The SMILES string of the molecule is CC12C3CC14CC4CC2S(=O)(=O)O3. The largest absolute Gasteiger partial charge is 0.271 e. The van der Waals surface area contributed by atoms with E-state index < -0.39 is 10.1 Å². The smallest absolute Gasteiger partial charge is 0.266 e. The van der Waals surface area contributed by atoms with Gasteiger partial charge in [0.1, 0.15) is 0 Å². The van der Waals surface area contributed by atoms with Gasteiger partial charge in [0, 0.05) is 5.41 Å². The molecular formula is C9H12O3S. The number of rotatable bonds is 0. The highest BCUT2D eigenvalue weighted by atomic mass is 32.2. The first-order valence-corrected chi connectivity index (χ1v) is 6.40. The second-order valence-electron chi connectivity index (χ2n) is 5.35. The van der Waals surface area contributed by atoms with E-state index in [0.717, 1.165) is 12.8 Å². The molecule has 4 heteroatoms. The van der Waals surface area contributed by atoms with Crippen molar-refractivity contribution >= 4 is 10.1 Å². The second kappa shape index (κ2) is 1.48. The Bertz CT molecular complexity index is 415. The Hall–Kier alpha value is -0.0900. The van der Waals surface area contributed by atoms with Crippen LogP contribution in [0.15, 0.2) is 0 Å². The maximum Gasteiger partial charge on any atom is 0.271 e. The van der Waals surface area contributed by atoms with Crippen molar-refractivity contribution in [2.75, 3.05) is 0 Å². The minimum atomic E-state index is -3.20. The van der Waals surface area contributed by atoms with Gasteiger partial charge in [0.2, 0.25) is 0 Å².